The molecule has 1 N–H and O–H groups in total. The van der Waals surface area contributed by atoms with Gasteiger partial charge < -0.3 is 19.6 Å². The van der Waals surface area contributed by atoms with Crippen LogP contribution in [0.15, 0.2) is 54.6 Å². The molecule has 2 atom stereocenters. The molecular weight excluding hydrogens is 476 g/mol. The maximum atomic E-state index is 13.1. The van der Waals surface area contributed by atoms with Gasteiger partial charge in [0.25, 0.3) is 0 Å². The first-order valence-electron chi connectivity index (χ1n) is 12.4. The molecule has 2 unspecified atom stereocenters. The van der Waals surface area contributed by atoms with Crippen LogP contribution in [0.25, 0.3) is 0 Å². The van der Waals surface area contributed by atoms with Gasteiger partial charge in [-0.1, -0.05) is 76.1 Å². The predicted octanol–water partition coefficient (Wildman–Crippen LogP) is 4.82. The molecule has 2 rings (SSSR count). The van der Waals surface area contributed by atoms with Crippen molar-refractivity contribution in [2.24, 2.45) is 5.92 Å². The lowest BCUT2D eigenvalue weighted by atomic mass is 10.1. The number of rotatable bonds is 14. The number of carbonyl (C=O) groups is 3. The van der Waals surface area contributed by atoms with E-state index in [1.54, 1.807) is 48.3 Å². The number of amides is 2. The van der Waals surface area contributed by atoms with Crippen molar-refractivity contribution in [3.63, 3.8) is 0 Å². The highest BCUT2D eigenvalue weighted by Gasteiger charge is 2.25. The molecule has 0 fully saturated rings. The molecule has 2 aromatic rings. The van der Waals surface area contributed by atoms with Gasteiger partial charge in [-0.3, -0.25) is 9.59 Å². The zero-order chi connectivity index (χ0) is 26.7. The number of aliphatic carboxylic acids is 1. The maximum absolute atomic E-state index is 13.1. The Kier molecular flexibility index (Phi) is 11.8. The maximum Gasteiger partial charge on any atom is 0.349 e. The molecule has 0 aliphatic heterocycles. The lowest BCUT2D eigenvalue weighted by Gasteiger charge is -2.27. The van der Waals surface area contributed by atoms with Gasteiger partial charge in [0.05, 0.1) is 11.8 Å². The Morgan fingerprint density at radius 2 is 1.64 bits per heavy atom. The number of ether oxygens (including phenoxy) is 1. The van der Waals surface area contributed by atoms with Crippen molar-refractivity contribution >= 4 is 30.4 Å². The first-order chi connectivity index (χ1) is 17.1. The molecule has 0 saturated heterocycles. The van der Waals surface area contributed by atoms with Crippen molar-refractivity contribution in [3.05, 3.63) is 65.7 Å². The van der Waals surface area contributed by atoms with Crippen molar-refractivity contribution in [2.75, 3.05) is 20.1 Å². The number of hydrogen-bond acceptors (Lipinski definition) is 5. The van der Waals surface area contributed by atoms with Crippen LogP contribution in [-0.2, 0) is 20.9 Å². The molecular formula is C28H38N2O5S. The van der Waals surface area contributed by atoms with Gasteiger partial charge in [0.2, 0.25) is 17.9 Å². The third-order valence-electron chi connectivity index (χ3n) is 5.89. The van der Waals surface area contributed by atoms with Gasteiger partial charge in [-0.15, -0.1) is 0 Å². The zero-order valence-corrected chi connectivity index (χ0v) is 22.5. The Labute approximate surface area is 219 Å². The van der Waals surface area contributed by atoms with Crippen molar-refractivity contribution in [1.82, 2.24) is 9.80 Å². The van der Waals surface area contributed by atoms with Crippen LogP contribution in [0.1, 0.15) is 57.3 Å². The summed E-state index contributed by atoms with van der Waals surface area (Å²) >= 11 is 4.39. The molecule has 8 heteroatoms. The van der Waals surface area contributed by atoms with E-state index in [4.69, 9.17) is 4.74 Å². The standard InChI is InChI=1S/C28H38N2O5S/c1-5-6-10-17-30(24(31)19-29(4)27(32)26(36)20(2)3)18-21-13-15-23(16-14-21)35-25(28(33)34)22-11-8-7-9-12-22/h7-9,11-16,20,25-26,36H,5-6,10,17-19H2,1-4H3,(H,33,34). The van der Waals surface area contributed by atoms with E-state index in [9.17, 15) is 19.5 Å². The first-order valence-corrected chi connectivity index (χ1v) is 12.9. The Bertz CT molecular complexity index is 981. The number of carboxylic acid groups (broad SMARTS) is 1. The summed E-state index contributed by atoms with van der Waals surface area (Å²) in [5.74, 6) is -0.859. The first kappa shape index (κ1) is 29.2. The topological polar surface area (TPSA) is 87.2 Å². The van der Waals surface area contributed by atoms with Gasteiger partial charge in [-0.05, 0) is 30.0 Å². The van der Waals surface area contributed by atoms with Crippen molar-refractivity contribution in [1.29, 1.82) is 0 Å². The second-order valence-electron chi connectivity index (χ2n) is 9.30. The fraction of sp³-hybridized carbons (Fsp3) is 0.464. The van der Waals surface area contributed by atoms with E-state index in [0.717, 1.165) is 24.8 Å². The summed E-state index contributed by atoms with van der Waals surface area (Å²) in [6, 6.07) is 15.9. The van der Waals surface area contributed by atoms with E-state index in [1.807, 2.05) is 32.0 Å². The van der Waals surface area contributed by atoms with Crippen LogP contribution in [0.4, 0.5) is 0 Å². The fourth-order valence-corrected chi connectivity index (χ4v) is 3.85. The van der Waals surface area contributed by atoms with Crippen molar-refractivity contribution < 1.29 is 24.2 Å². The zero-order valence-electron chi connectivity index (χ0n) is 21.6. The van der Waals surface area contributed by atoms with Gasteiger partial charge in [0, 0.05) is 25.7 Å². The third-order valence-corrected chi connectivity index (χ3v) is 6.71. The highest BCUT2D eigenvalue weighted by Crippen LogP contribution is 2.23. The predicted molar refractivity (Wildman–Crippen MR) is 144 cm³/mol. The molecule has 0 radical (unpaired) electrons. The molecule has 36 heavy (non-hydrogen) atoms. The van der Waals surface area contributed by atoms with E-state index in [2.05, 4.69) is 19.6 Å². The van der Waals surface area contributed by atoms with Crippen LogP contribution < -0.4 is 4.74 Å². The number of unbranched alkanes of at least 4 members (excludes halogenated alkanes) is 2. The summed E-state index contributed by atoms with van der Waals surface area (Å²) in [7, 11) is 1.63. The summed E-state index contributed by atoms with van der Waals surface area (Å²) in [5.41, 5.74) is 1.45. The molecule has 2 amide bonds. The minimum Gasteiger partial charge on any atom is -0.478 e. The Morgan fingerprint density at radius 1 is 1.00 bits per heavy atom. The van der Waals surface area contributed by atoms with Gasteiger partial charge in [-0.2, -0.15) is 12.6 Å². The van der Waals surface area contributed by atoms with Gasteiger partial charge in [0.1, 0.15) is 5.75 Å². The van der Waals surface area contributed by atoms with Crippen LogP contribution in [-0.4, -0.2) is 58.1 Å². The van der Waals surface area contributed by atoms with E-state index in [0.29, 0.717) is 24.4 Å². The van der Waals surface area contributed by atoms with E-state index in [-0.39, 0.29) is 24.3 Å². The molecule has 0 aliphatic carbocycles. The molecule has 0 spiro atoms. The quantitative estimate of drug-likeness (QED) is 0.279. The number of benzene rings is 2. The average molecular weight is 515 g/mol. The number of thiol groups is 1. The molecule has 2 aromatic carbocycles. The average Bonchev–Trinajstić information content (AvgIpc) is 2.86. The smallest absolute Gasteiger partial charge is 0.349 e. The van der Waals surface area contributed by atoms with Crippen LogP contribution in [0.3, 0.4) is 0 Å². The summed E-state index contributed by atoms with van der Waals surface area (Å²) in [4.78, 5) is 40.6. The molecule has 0 heterocycles. The van der Waals surface area contributed by atoms with Crippen LogP contribution in [0.2, 0.25) is 0 Å². The fourth-order valence-electron chi connectivity index (χ4n) is 3.66. The number of nitrogens with zero attached hydrogens (tertiary/aromatic N) is 2. The minimum atomic E-state index is -1.11. The van der Waals surface area contributed by atoms with Crippen molar-refractivity contribution in [3.8, 4) is 5.75 Å². The minimum absolute atomic E-state index is 0.00665. The molecule has 196 valence electrons. The van der Waals surface area contributed by atoms with Gasteiger partial charge in [0.15, 0.2) is 0 Å². The SMILES string of the molecule is CCCCCN(Cc1ccc(OC(C(=O)O)c2ccccc2)cc1)C(=O)CN(C)C(=O)C(S)C(C)C. The summed E-state index contributed by atoms with van der Waals surface area (Å²) in [6.45, 7) is 6.93. The Hall–Kier alpha value is -3.00. The number of carboxylic acids is 1. The molecule has 0 saturated carbocycles. The third kappa shape index (κ3) is 8.90. The molecule has 0 aromatic heterocycles. The summed E-state index contributed by atoms with van der Waals surface area (Å²) in [6.07, 6.45) is 1.81. The van der Waals surface area contributed by atoms with Crippen molar-refractivity contribution in [2.45, 2.75) is 57.9 Å². The second-order valence-corrected chi connectivity index (χ2v) is 9.85. The van der Waals surface area contributed by atoms with E-state index in [1.165, 1.54) is 4.90 Å². The molecule has 0 bridgehead atoms. The molecule has 7 nitrogen and oxygen atoms in total. The lowest BCUT2D eigenvalue weighted by Crippen LogP contribution is -2.44. The van der Waals surface area contributed by atoms with E-state index >= 15 is 0 Å². The lowest BCUT2D eigenvalue weighted by molar-refractivity contribution is -0.145. The van der Waals surface area contributed by atoms with Crippen LogP contribution in [0, 0.1) is 5.92 Å². The van der Waals surface area contributed by atoms with Crippen LogP contribution >= 0.6 is 12.6 Å². The van der Waals surface area contributed by atoms with Gasteiger partial charge >= 0.3 is 5.97 Å². The Balaban J connectivity index is 2.09. The highest BCUT2D eigenvalue weighted by atomic mass is 32.1. The highest BCUT2D eigenvalue weighted by molar-refractivity contribution is 7.81. The molecule has 0 aliphatic rings. The number of hydrogen-bond donors (Lipinski definition) is 2. The van der Waals surface area contributed by atoms with Gasteiger partial charge in [-0.25, -0.2) is 4.79 Å². The normalized spacial score (nSPS) is 12.6. The van der Waals surface area contributed by atoms with E-state index < -0.39 is 17.3 Å². The largest absolute Gasteiger partial charge is 0.478 e. The monoisotopic (exact) mass is 514 g/mol. The second kappa shape index (κ2) is 14.5. The summed E-state index contributed by atoms with van der Waals surface area (Å²) < 4.78 is 5.74. The number of carbonyl (C=O) groups excluding carboxylic acids is 2. The summed E-state index contributed by atoms with van der Waals surface area (Å²) in [5, 5.41) is 9.15. The number of likely N-dealkylation sites (N-methyl/N-ethyl adjacent to an activating group) is 1. The van der Waals surface area contributed by atoms with Crippen LogP contribution in [0.5, 0.6) is 5.75 Å². The Morgan fingerprint density at radius 3 is 2.19 bits per heavy atom.